The Bertz CT molecular complexity index is 1860. The summed E-state index contributed by atoms with van der Waals surface area (Å²) in [7, 11) is -4.06. The third kappa shape index (κ3) is 6.22. The summed E-state index contributed by atoms with van der Waals surface area (Å²) in [4.78, 5) is 26.7. The van der Waals surface area contributed by atoms with Gasteiger partial charge in [0.05, 0.1) is 29.3 Å². The highest BCUT2D eigenvalue weighted by Gasteiger charge is 2.23. The standard InChI is InChI=1S/C28H28F2N8O3S/c1-16(2)38-26-24(14-33-28(36-26)34-21-10-20(29)12-32-13-21)35-25(27(38)39)17-7-8-23(22(30)9-17)37-42(40,41)15-19-6-4-3-5-18(19)11-31/h3-9,14,16,20-21,32,37H,10,12-13,15H2,1-2H3,(H,33,34,36)/t20-,21-/m0/s1. The van der Waals surface area contributed by atoms with Crippen LogP contribution in [0.2, 0.25) is 0 Å². The molecule has 2 aromatic carbocycles. The highest BCUT2D eigenvalue weighted by Crippen LogP contribution is 2.25. The summed E-state index contributed by atoms with van der Waals surface area (Å²) in [5.41, 5.74) is 0.269. The maximum absolute atomic E-state index is 15.2. The van der Waals surface area contributed by atoms with Gasteiger partial charge in [0.25, 0.3) is 5.56 Å². The van der Waals surface area contributed by atoms with E-state index in [2.05, 4.69) is 30.3 Å². The molecule has 0 saturated carbocycles. The van der Waals surface area contributed by atoms with Crippen LogP contribution in [-0.4, -0.2) is 53.2 Å². The highest BCUT2D eigenvalue weighted by atomic mass is 32.2. The lowest BCUT2D eigenvalue weighted by atomic mass is 10.1. The minimum Gasteiger partial charge on any atom is -0.350 e. The Balaban J connectivity index is 1.45. The third-order valence-corrected chi connectivity index (χ3v) is 7.99. The number of rotatable bonds is 8. The molecule has 0 radical (unpaired) electrons. The highest BCUT2D eigenvalue weighted by molar-refractivity contribution is 7.91. The van der Waals surface area contributed by atoms with Gasteiger partial charge in [0, 0.05) is 37.2 Å². The number of alkyl halides is 1. The summed E-state index contributed by atoms with van der Waals surface area (Å²) >= 11 is 0. The number of hydrogen-bond donors (Lipinski definition) is 3. The quantitative estimate of drug-likeness (QED) is 0.278. The molecule has 11 nitrogen and oxygen atoms in total. The number of nitrogens with zero attached hydrogens (tertiary/aromatic N) is 5. The van der Waals surface area contributed by atoms with Gasteiger partial charge in [-0.2, -0.15) is 10.2 Å². The van der Waals surface area contributed by atoms with Gasteiger partial charge < -0.3 is 10.6 Å². The van der Waals surface area contributed by atoms with Crippen molar-refractivity contribution < 1.29 is 17.2 Å². The third-order valence-electron chi connectivity index (χ3n) is 6.77. The smallest absolute Gasteiger partial charge is 0.278 e. The number of nitrogens with one attached hydrogen (secondary N) is 3. The van der Waals surface area contributed by atoms with Crippen LogP contribution in [0.3, 0.4) is 0 Å². The molecule has 0 bridgehead atoms. The molecular weight excluding hydrogens is 566 g/mol. The van der Waals surface area contributed by atoms with E-state index in [0.29, 0.717) is 19.5 Å². The van der Waals surface area contributed by atoms with Crippen LogP contribution in [0.15, 0.2) is 53.5 Å². The predicted octanol–water partition coefficient (Wildman–Crippen LogP) is 3.50. The first-order chi connectivity index (χ1) is 20.0. The lowest BCUT2D eigenvalue weighted by Crippen LogP contribution is -2.44. The van der Waals surface area contributed by atoms with Crippen LogP contribution in [0.1, 0.15) is 37.4 Å². The number of anilines is 2. The van der Waals surface area contributed by atoms with E-state index >= 15 is 4.39 Å². The molecule has 0 amide bonds. The van der Waals surface area contributed by atoms with E-state index in [1.807, 2.05) is 6.07 Å². The molecule has 3 N–H and O–H groups in total. The summed E-state index contributed by atoms with van der Waals surface area (Å²) < 4.78 is 58.1. The minimum atomic E-state index is -4.06. The molecule has 1 fully saturated rings. The Morgan fingerprint density at radius 2 is 1.98 bits per heavy atom. The summed E-state index contributed by atoms with van der Waals surface area (Å²) in [5.74, 6) is -1.21. The molecule has 0 spiro atoms. The first-order valence-electron chi connectivity index (χ1n) is 13.2. The normalized spacial score (nSPS) is 17.2. The fourth-order valence-electron chi connectivity index (χ4n) is 4.83. The monoisotopic (exact) mass is 594 g/mol. The van der Waals surface area contributed by atoms with Crippen molar-refractivity contribution in [1.29, 1.82) is 5.26 Å². The molecule has 4 aromatic rings. The lowest BCUT2D eigenvalue weighted by Gasteiger charge is -2.26. The van der Waals surface area contributed by atoms with Gasteiger partial charge in [-0.1, -0.05) is 24.3 Å². The van der Waals surface area contributed by atoms with Gasteiger partial charge in [-0.05, 0) is 37.6 Å². The fraction of sp³-hybridized carbons (Fsp3) is 0.321. The molecule has 0 aliphatic carbocycles. The van der Waals surface area contributed by atoms with Gasteiger partial charge in [0.1, 0.15) is 23.2 Å². The first-order valence-corrected chi connectivity index (χ1v) is 14.9. The Morgan fingerprint density at radius 1 is 1.19 bits per heavy atom. The fourth-order valence-corrected chi connectivity index (χ4v) is 6.06. The van der Waals surface area contributed by atoms with Crippen LogP contribution in [-0.2, 0) is 15.8 Å². The summed E-state index contributed by atoms with van der Waals surface area (Å²) in [6.45, 7) is 4.42. The van der Waals surface area contributed by atoms with Gasteiger partial charge in [-0.3, -0.25) is 14.1 Å². The Kier molecular flexibility index (Phi) is 8.15. The number of sulfonamides is 1. The number of fused-ring (bicyclic) bond motifs is 1. The summed E-state index contributed by atoms with van der Waals surface area (Å²) in [5, 5.41) is 15.3. The van der Waals surface area contributed by atoms with Crippen molar-refractivity contribution in [2.45, 2.75) is 44.3 Å². The summed E-state index contributed by atoms with van der Waals surface area (Å²) in [6.07, 6.45) is 0.748. The first kappa shape index (κ1) is 29.0. The molecule has 1 aliphatic heterocycles. The average molecular weight is 595 g/mol. The maximum atomic E-state index is 15.2. The average Bonchev–Trinajstić information content (AvgIpc) is 2.93. The van der Waals surface area contributed by atoms with E-state index in [-0.39, 0.29) is 57.3 Å². The van der Waals surface area contributed by atoms with E-state index in [9.17, 15) is 22.9 Å². The topological polar surface area (TPSA) is 155 Å². The zero-order valence-corrected chi connectivity index (χ0v) is 23.6. The molecule has 3 heterocycles. The van der Waals surface area contributed by atoms with Crippen molar-refractivity contribution in [1.82, 2.24) is 24.8 Å². The number of benzene rings is 2. The number of piperidine rings is 1. The van der Waals surface area contributed by atoms with Crippen molar-refractivity contribution in [2.75, 3.05) is 23.1 Å². The van der Waals surface area contributed by atoms with Crippen molar-refractivity contribution in [3.8, 4) is 17.3 Å². The van der Waals surface area contributed by atoms with Gasteiger partial charge in [0.2, 0.25) is 16.0 Å². The lowest BCUT2D eigenvalue weighted by molar-refractivity contribution is 0.254. The number of nitriles is 1. The van der Waals surface area contributed by atoms with Crippen LogP contribution < -0.4 is 20.9 Å². The van der Waals surface area contributed by atoms with E-state index < -0.39 is 33.3 Å². The minimum absolute atomic E-state index is 0.0616. The van der Waals surface area contributed by atoms with Crippen LogP contribution in [0, 0.1) is 17.1 Å². The second kappa shape index (κ2) is 11.8. The van der Waals surface area contributed by atoms with Crippen molar-refractivity contribution >= 4 is 32.8 Å². The Morgan fingerprint density at radius 3 is 2.69 bits per heavy atom. The molecule has 1 saturated heterocycles. The Hall–Kier alpha value is -4.48. The van der Waals surface area contributed by atoms with Gasteiger partial charge in [-0.25, -0.2) is 27.2 Å². The zero-order chi connectivity index (χ0) is 30.0. The van der Waals surface area contributed by atoms with Gasteiger partial charge in [0.15, 0.2) is 5.65 Å². The Labute approximate surface area is 240 Å². The van der Waals surface area contributed by atoms with Crippen LogP contribution in [0.5, 0.6) is 0 Å². The van der Waals surface area contributed by atoms with Crippen LogP contribution in [0.25, 0.3) is 22.4 Å². The second-order valence-electron chi connectivity index (χ2n) is 10.3. The van der Waals surface area contributed by atoms with Gasteiger partial charge in [-0.15, -0.1) is 0 Å². The number of halogens is 2. The second-order valence-corrected chi connectivity index (χ2v) is 12.0. The molecule has 42 heavy (non-hydrogen) atoms. The SMILES string of the molecule is CC(C)n1c(=O)c(-c2ccc(NS(=O)(=O)Cc3ccccc3C#N)c(F)c2)nc2cnc(N[C@@H]3CNC[C@@H](F)C3)nc21. The number of hydrogen-bond acceptors (Lipinski definition) is 9. The summed E-state index contributed by atoms with van der Waals surface area (Å²) in [6, 6.07) is 11.2. The number of aromatic nitrogens is 4. The van der Waals surface area contributed by atoms with Crippen molar-refractivity contribution in [2.24, 2.45) is 0 Å². The molecule has 2 aromatic heterocycles. The van der Waals surface area contributed by atoms with Gasteiger partial charge >= 0.3 is 0 Å². The maximum Gasteiger partial charge on any atom is 0.278 e. The predicted molar refractivity (Wildman–Crippen MR) is 155 cm³/mol. The molecule has 218 valence electrons. The largest absolute Gasteiger partial charge is 0.350 e. The van der Waals surface area contributed by atoms with E-state index in [0.717, 1.165) is 6.07 Å². The van der Waals surface area contributed by atoms with E-state index in [1.165, 1.54) is 35.0 Å². The zero-order valence-electron chi connectivity index (χ0n) is 22.8. The van der Waals surface area contributed by atoms with E-state index in [4.69, 9.17) is 0 Å². The molecule has 14 heteroatoms. The molecular formula is C28H28F2N8O3S. The van der Waals surface area contributed by atoms with Crippen LogP contribution in [0.4, 0.5) is 20.4 Å². The van der Waals surface area contributed by atoms with Crippen molar-refractivity contribution in [3.63, 3.8) is 0 Å². The molecule has 0 unspecified atom stereocenters. The molecule has 2 atom stereocenters. The van der Waals surface area contributed by atoms with Crippen molar-refractivity contribution in [3.05, 3.63) is 76.0 Å². The molecule has 1 aliphatic rings. The molecule has 5 rings (SSSR count). The van der Waals surface area contributed by atoms with E-state index in [1.54, 1.807) is 26.0 Å². The van der Waals surface area contributed by atoms with Crippen LogP contribution >= 0.6 is 0 Å².